The van der Waals surface area contributed by atoms with Gasteiger partial charge in [0.25, 0.3) is 0 Å². The van der Waals surface area contributed by atoms with Crippen molar-refractivity contribution in [3.05, 3.63) is 29.7 Å². The highest BCUT2D eigenvalue weighted by Gasteiger charge is 2.35. The summed E-state index contributed by atoms with van der Waals surface area (Å²) < 4.78 is 13.4. The maximum absolute atomic E-state index is 13.4. The number of nitrogens with one attached hydrogen (secondary N) is 2. The van der Waals surface area contributed by atoms with Crippen molar-refractivity contribution < 1.29 is 9.18 Å². The summed E-state index contributed by atoms with van der Waals surface area (Å²) in [6, 6.07) is 5.16. The van der Waals surface area contributed by atoms with Crippen LogP contribution in [0.15, 0.2) is 18.3 Å². The van der Waals surface area contributed by atoms with Crippen molar-refractivity contribution in [1.82, 2.24) is 15.2 Å². The molecule has 2 aliphatic rings. The summed E-state index contributed by atoms with van der Waals surface area (Å²) in [5.41, 5.74) is 0.520. The van der Waals surface area contributed by atoms with Gasteiger partial charge in [-0.2, -0.15) is 5.26 Å². The van der Waals surface area contributed by atoms with Gasteiger partial charge in [-0.3, -0.25) is 9.78 Å². The Labute approximate surface area is 158 Å². The number of alkyl halides is 1. The molecule has 1 aliphatic carbocycles. The lowest BCUT2D eigenvalue weighted by atomic mass is 10.1. The van der Waals surface area contributed by atoms with E-state index in [1.54, 1.807) is 18.3 Å². The van der Waals surface area contributed by atoms with Crippen LogP contribution in [-0.4, -0.2) is 53.7 Å². The molecule has 0 unspecified atom stereocenters. The Morgan fingerprint density at radius 3 is 3.00 bits per heavy atom. The highest BCUT2D eigenvalue weighted by atomic mass is 19.1. The number of nitriles is 1. The SMILES string of the molecule is [C-]#[N+]c1ccc(NC[C@H]2CC[C@@H](NCC(=O)N3C[C@@H](F)C[C@H]3C#N)C2)nc1. The second-order valence-corrected chi connectivity index (χ2v) is 7.18. The number of carbonyl (C=O) groups excluding carboxylic acids is 1. The molecule has 142 valence electrons. The Morgan fingerprint density at radius 2 is 2.30 bits per heavy atom. The molecule has 2 fully saturated rings. The maximum atomic E-state index is 13.4. The summed E-state index contributed by atoms with van der Waals surface area (Å²) in [5, 5.41) is 15.6. The Hall–Kier alpha value is -2.71. The van der Waals surface area contributed by atoms with Crippen molar-refractivity contribution in [3.8, 4) is 6.07 Å². The van der Waals surface area contributed by atoms with Gasteiger partial charge in [0, 0.05) is 25.2 Å². The van der Waals surface area contributed by atoms with E-state index in [2.05, 4.69) is 20.5 Å². The lowest BCUT2D eigenvalue weighted by Crippen LogP contribution is -2.43. The summed E-state index contributed by atoms with van der Waals surface area (Å²) in [6.45, 7) is 7.89. The first-order valence-electron chi connectivity index (χ1n) is 9.23. The number of nitrogens with zero attached hydrogens (tertiary/aromatic N) is 4. The summed E-state index contributed by atoms with van der Waals surface area (Å²) in [7, 11) is 0. The van der Waals surface area contributed by atoms with Crippen LogP contribution < -0.4 is 10.6 Å². The van der Waals surface area contributed by atoms with Gasteiger partial charge in [-0.1, -0.05) is 6.07 Å². The fourth-order valence-corrected chi connectivity index (χ4v) is 3.77. The monoisotopic (exact) mass is 370 g/mol. The first-order valence-corrected chi connectivity index (χ1v) is 9.23. The minimum absolute atomic E-state index is 0.0231. The standard InChI is InChI=1S/C19H23FN6O/c1-22-16-4-5-18(25-10-16)24-9-13-2-3-15(6-13)23-11-19(27)26-12-14(20)7-17(26)8-21/h4-5,10,13-15,17,23H,2-3,6-7,9,11-12H2,(H,24,25)/t13-,14-,15+,17-/m0/s1. The molecule has 0 bridgehead atoms. The number of likely N-dealkylation sites (tertiary alicyclic amines) is 1. The lowest BCUT2D eigenvalue weighted by Gasteiger charge is -2.21. The van der Waals surface area contributed by atoms with Gasteiger partial charge in [-0.25, -0.2) is 9.24 Å². The summed E-state index contributed by atoms with van der Waals surface area (Å²) in [5.74, 6) is 1.03. The Balaban J connectivity index is 1.39. The predicted octanol–water partition coefficient (Wildman–Crippen LogP) is 2.27. The predicted molar refractivity (Wildman–Crippen MR) is 98.7 cm³/mol. The van der Waals surface area contributed by atoms with Crippen molar-refractivity contribution in [2.45, 2.75) is 43.9 Å². The second kappa shape index (κ2) is 8.79. The molecule has 1 aromatic rings. The first kappa shape index (κ1) is 19.1. The van der Waals surface area contributed by atoms with Gasteiger partial charge in [-0.15, -0.1) is 0 Å². The van der Waals surface area contributed by atoms with Crippen LogP contribution in [0.3, 0.4) is 0 Å². The van der Waals surface area contributed by atoms with E-state index in [0.29, 0.717) is 11.6 Å². The average Bonchev–Trinajstić information content (AvgIpc) is 3.31. The van der Waals surface area contributed by atoms with Crippen molar-refractivity contribution in [1.29, 1.82) is 5.26 Å². The highest BCUT2D eigenvalue weighted by molar-refractivity contribution is 5.79. The third-order valence-corrected chi connectivity index (χ3v) is 5.25. The molecule has 1 saturated carbocycles. The second-order valence-electron chi connectivity index (χ2n) is 7.18. The van der Waals surface area contributed by atoms with Crippen LogP contribution in [0, 0.1) is 23.8 Å². The molecular formula is C19H23FN6O. The molecule has 0 spiro atoms. The van der Waals surface area contributed by atoms with Gasteiger partial charge in [0.2, 0.25) is 11.6 Å². The zero-order valence-electron chi connectivity index (χ0n) is 15.1. The Bertz CT molecular complexity index is 740. The maximum Gasteiger partial charge on any atom is 0.237 e. The smallest absolute Gasteiger partial charge is 0.237 e. The summed E-state index contributed by atoms with van der Waals surface area (Å²) >= 11 is 0. The van der Waals surface area contributed by atoms with Crippen LogP contribution in [0.25, 0.3) is 4.85 Å². The molecule has 8 heteroatoms. The van der Waals surface area contributed by atoms with E-state index in [1.807, 2.05) is 6.07 Å². The van der Waals surface area contributed by atoms with Crippen molar-refractivity contribution in [2.75, 3.05) is 25.0 Å². The van der Waals surface area contributed by atoms with Crippen LogP contribution in [0.4, 0.5) is 15.9 Å². The topological polar surface area (TPSA) is 85.4 Å². The van der Waals surface area contributed by atoms with E-state index >= 15 is 0 Å². The molecule has 2 N–H and O–H groups in total. The Morgan fingerprint density at radius 1 is 1.44 bits per heavy atom. The van der Waals surface area contributed by atoms with Crippen LogP contribution in [-0.2, 0) is 4.79 Å². The highest BCUT2D eigenvalue weighted by Crippen LogP contribution is 2.26. The van der Waals surface area contributed by atoms with Crippen molar-refractivity contribution in [2.24, 2.45) is 5.92 Å². The van der Waals surface area contributed by atoms with E-state index in [-0.39, 0.29) is 31.5 Å². The zero-order valence-corrected chi connectivity index (χ0v) is 15.1. The van der Waals surface area contributed by atoms with Crippen LogP contribution in [0.5, 0.6) is 0 Å². The number of carbonyl (C=O) groups is 1. The van der Waals surface area contributed by atoms with Gasteiger partial charge in [0.1, 0.15) is 18.0 Å². The number of anilines is 1. The number of rotatable bonds is 6. The minimum Gasteiger partial charge on any atom is -0.370 e. The molecule has 7 nitrogen and oxygen atoms in total. The molecule has 4 atom stereocenters. The molecule has 3 rings (SSSR count). The molecule has 1 saturated heterocycles. The third kappa shape index (κ3) is 4.93. The quantitative estimate of drug-likeness (QED) is 0.751. The van der Waals surface area contributed by atoms with Crippen molar-refractivity contribution in [3.63, 3.8) is 0 Å². The fourth-order valence-electron chi connectivity index (χ4n) is 3.77. The lowest BCUT2D eigenvalue weighted by molar-refractivity contribution is -0.130. The van der Waals surface area contributed by atoms with Gasteiger partial charge in [-0.05, 0) is 31.2 Å². The molecule has 1 amide bonds. The average molecular weight is 370 g/mol. The van der Waals surface area contributed by atoms with Crippen LogP contribution in [0.2, 0.25) is 0 Å². The van der Waals surface area contributed by atoms with Crippen LogP contribution >= 0.6 is 0 Å². The largest absolute Gasteiger partial charge is 0.370 e. The number of aromatic nitrogens is 1. The summed E-state index contributed by atoms with van der Waals surface area (Å²) in [4.78, 5) is 21.1. The number of amides is 1. The molecule has 27 heavy (non-hydrogen) atoms. The van der Waals surface area contributed by atoms with E-state index in [4.69, 9.17) is 11.8 Å². The van der Waals surface area contributed by atoms with Crippen LogP contribution in [0.1, 0.15) is 25.7 Å². The molecule has 0 radical (unpaired) electrons. The third-order valence-electron chi connectivity index (χ3n) is 5.25. The molecule has 2 heterocycles. The van der Waals surface area contributed by atoms with Crippen molar-refractivity contribution >= 4 is 17.4 Å². The van der Waals surface area contributed by atoms with Gasteiger partial charge < -0.3 is 15.5 Å². The normalized spacial score (nSPS) is 27.1. The molecule has 1 aromatic heterocycles. The minimum atomic E-state index is -1.10. The molecular weight excluding hydrogens is 347 g/mol. The van der Waals surface area contributed by atoms with E-state index in [0.717, 1.165) is 31.6 Å². The number of hydrogen-bond acceptors (Lipinski definition) is 5. The zero-order chi connectivity index (χ0) is 19.2. The van der Waals surface area contributed by atoms with Gasteiger partial charge >= 0.3 is 0 Å². The van der Waals surface area contributed by atoms with Gasteiger partial charge in [0.15, 0.2) is 0 Å². The Kier molecular flexibility index (Phi) is 6.20. The number of hydrogen-bond donors (Lipinski definition) is 2. The fraction of sp³-hybridized carbons (Fsp3) is 0.579. The number of pyridine rings is 1. The van der Waals surface area contributed by atoms with E-state index in [1.165, 1.54) is 4.90 Å². The molecule has 0 aromatic carbocycles. The van der Waals surface area contributed by atoms with E-state index < -0.39 is 12.2 Å². The molecule has 1 aliphatic heterocycles. The summed E-state index contributed by atoms with van der Waals surface area (Å²) in [6.07, 6.45) is 3.55. The number of halogens is 1. The van der Waals surface area contributed by atoms with Gasteiger partial charge in [0.05, 0.1) is 25.7 Å². The first-order chi connectivity index (χ1) is 13.1. The van der Waals surface area contributed by atoms with E-state index in [9.17, 15) is 9.18 Å².